The van der Waals surface area contributed by atoms with Crippen molar-refractivity contribution in [3.63, 3.8) is 0 Å². The van der Waals surface area contributed by atoms with Crippen LogP contribution in [0.25, 0.3) is 0 Å². The van der Waals surface area contributed by atoms with Crippen LogP contribution >= 0.6 is 7.77 Å². The standard InChI is InChI=1S/C13H15O5P/c1-2-3-9-18-13(16)19(17)11(12(14)15)10-7-5-4-6-8-10/h4-8H,2-3,9H2,1H3,(H,14,15). The molecule has 0 aliphatic rings. The summed E-state index contributed by atoms with van der Waals surface area (Å²) >= 11 is 0. The van der Waals surface area contributed by atoms with E-state index in [1.165, 1.54) is 12.1 Å². The number of carboxylic acid groups (broad SMARTS) is 1. The smallest absolute Gasteiger partial charge is 0.507 e. The Balaban J connectivity index is 2.99. The lowest BCUT2D eigenvalue weighted by Gasteiger charge is -2.04. The molecule has 0 radical (unpaired) electrons. The van der Waals surface area contributed by atoms with Gasteiger partial charge < -0.3 is 14.7 Å². The highest BCUT2D eigenvalue weighted by Gasteiger charge is 2.28. The predicted octanol–water partition coefficient (Wildman–Crippen LogP) is 1.99. The lowest BCUT2D eigenvalue weighted by molar-refractivity contribution is -0.151. The Morgan fingerprint density at radius 2 is 1.95 bits per heavy atom. The molecule has 1 aromatic carbocycles. The van der Waals surface area contributed by atoms with Crippen molar-refractivity contribution in [2.24, 2.45) is 0 Å². The number of aliphatic carboxylic acids is 1. The molecule has 0 aromatic heterocycles. The second kappa shape index (κ2) is 7.67. The molecule has 1 unspecified atom stereocenters. The van der Waals surface area contributed by atoms with Crippen LogP contribution in [0, 0.1) is 0 Å². The number of carboxylic acids is 1. The van der Waals surface area contributed by atoms with Gasteiger partial charge in [0.05, 0.1) is 6.61 Å². The van der Waals surface area contributed by atoms with Crippen LogP contribution in [0.4, 0.5) is 4.79 Å². The van der Waals surface area contributed by atoms with Gasteiger partial charge in [-0.25, -0.2) is 4.79 Å². The SMILES string of the molecule is CCCCOC(=O)[P+]([O-])=C(C(=O)O)c1ccccc1. The summed E-state index contributed by atoms with van der Waals surface area (Å²) in [4.78, 5) is 34.6. The van der Waals surface area contributed by atoms with E-state index in [2.05, 4.69) is 0 Å². The molecule has 0 bridgehead atoms. The molecule has 0 saturated heterocycles. The molecular weight excluding hydrogens is 267 g/mol. The fraction of sp³-hybridized carbons (Fsp3) is 0.308. The van der Waals surface area contributed by atoms with Crippen molar-refractivity contribution < 1.29 is 24.3 Å². The Morgan fingerprint density at radius 3 is 2.47 bits per heavy atom. The number of benzene rings is 1. The molecule has 0 amide bonds. The zero-order valence-electron chi connectivity index (χ0n) is 10.5. The van der Waals surface area contributed by atoms with Gasteiger partial charge in [-0.3, -0.25) is 0 Å². The summed E-state index contributed by atoms with van der Waals surface area (Å²) in [6.45, 7) is 2.07. The van der Waals surface area contributed by atoms with Gasteiger partial charge in [0.2, 0.25) is 5.29 Å². The van der Waals surface area contributed by atoms with E-state index in [1.54, 1.807) is 18.2 Å². The van der Waals surface area contributed by atoms with Gasteiger partial charge >= 0.3 is 11.7 Å². The van der Waals surface area contributed by atoms with Crippen molar-refractivity contribution >= 4 is 24.7 Å². The van der Waals surface area contributed by atoms with Crippen LogP contribution in [0.15, 0.2) is 30.3 Å². The first-order chi connectivity index (χ1) is 9.07. The van der Waals surface area contributed by atoms with Gasteiger partial charge in [-0.2, -0.15) is 4.79 Å². The van der Waals surface area contributed by atoms with Gasteiger partial charge in [-0.1, -0.05) is 43.7 Å². The Bertz CT molecular complexity index is 481. The maximum absolute atomic E-state index is 11.9. The molecule has 0 aliphatic carbocycles. The van der Waals surface area contributed by atoms with E-state index in [0.717, 1.165) is 6.42 Å². The second-order valence-electron chi connectivity index (χ2n) is 3.78. The summed E-state index contributed by atoms with van der Waals surface area (Å²) in [7, 11) is -2.73. The van der Waals surface area contributed by atoms with Crippen LogP contribution in [0.5, 0.6) is 0 Å². The Hall–Kier alpha value is -1.71. The number of carbonyl (C=O) groups is 2. The van der Waals surface area contributed by atoms with E-state index in [1.807, 2.05) is 6.92 Å². The molecule has 1 atom stereocenters. The lowest BCUT2D eigenvalue weighted by Crippen LogP contribution is -2.20. The molecule has 102 valence electrons. The number of carbonyl (C=O) groups excluding carboxylic acids is 1. The van der Waals surface area contributed by atoms with Gasteiger partial charge in [0, 0.05) is 5.56 Å². The van der Waals surface area contributed by atoms with E-state index in [-0.39, 0.29) is 12.2 Å². The minimum atomic E-state index is -2.73. The minimum absolute atomic E-state index is 0.151. The summed E-state index contributed by atoms with van der Waals surface area (Å²) in [5.74, 6) is -1.38. The third-order valence-electron chi connectivity index (χ3n) is 2.34. The first-order valence-corrected chi connectivity index (χ1v) is 7.13. The maximum Gasteiger partial charge on any atom is 0.507 e. The monoisotopic (exact) mass is 282 g/mol. The molecule has 0 aliphatic heterocycles. The van der Waals surface area contributed by atoms with E-state index in [0.29, 0.717) is 6.42 Å². The summed E-state index contributed by atoms with van der Waals surface area (Å²) < 4.78 is 4.79. The van der Waals surface area contributed by atoms with Gasteiger partial charge in [0.15, 0.2) is 7.77 Å². The Labute approximate surface area is 112 Å². The number of rotatable bonds is 6. The van der Waals surface area contributed by atoms with Crippen molar-refractivity contribution in [3.05, 3.63) is 35.9 Å². The molecule has 19 heavy (non-hydrogen) atoms. The van der Waals surface area contributed by atoms with E-state index in [9.17, 15) is 14.5 Å². The van der Waals surface area contributed by atoms with Gasteiger partial charge in [0.25, 0.3) is 0 Å². The minimum Gasteiger partial charge on any atom is -0.620 e. The third kappa shape index (κ3) is 4.47. The van der Waals surface area contributed by atoms with E-state index < -0.39 is 24.7 Å². The zero-order valence-corrected chi connectivity index (χ0v) is 11.4. The number of hydrogen-bond acceptors (Lipinski definition) is 4. The molecule has 0 spiro atoms. The normalized spacial score (nSPS) is 11.7. The number of unbranched alkanes of at least 4 members (excludes halogenated alkanes) is 1. The third-order valence-corrected chi connectivity index (χ3v) is 3.66. The first kappa shape index (κ1) is 15.3. The Kier molecular flexibility index (Phi) is 6.19. The number of ether oxygens (including phenoxy) is 1. The fourth-order valence-corrected chi connectivity index (χ4v) is 2.33. The first-order valence-electron chi connectivity index (χ1n) is 5.87. The Morgan fingerprint density at radius 1 is 1.32 bits per heavy atom. The van der Waals surface area contributed by atoms with Crippen molar-refractivity contribution in [2.75, 3.05) is 6.61 Å². The molecule has 1 aromatic rings. The highest BCUT2D eigenvalue weighted by Crippen LogP contribution is 2.22. The molecule has 6 heteroatoms. The van der Waals surface area contributed by atoms with E-state index >= 15 is 0 Å². The molecule has 0 fully saturated rings. The van der Waals surface area contributed by atoms with Crippen LogP contribution in [-0.4, -0.2) is 28.7 Å². The second-order valence-corrected chi connectivity index (χ2v) is 5.18. The topological polar surface area (TPSA) is 86.7 Å². The quantitative estimate of drug-likeness (QED) is 0.637. The predicted molar refractivity (Wildman–Crippen MR) is 71.4 cm³/mol. The van der Waals surface area contributed by atoms with E-state index in [4.69, 9.17) is 9.84 Å². The lowest BCUT2D eigenvalue weighted by atomic mass is 10.1. The zero-order chi connectivity index (χ0) is 14.3. The molecule has 5 nitrogen and oxygen atoms in total. The van der Waals surface area contributed by atoms with Gasteiger partial charge in [-0.05, 0) is 6.42 Å². The van der Waals surface area contributed by atoms with Crippen LogP contribution in [0.3, 0.4) is 0 Å². The average Bonchev–Trinajstić information content (AvgIpc) is 2.39. The van der Waals surface area contributed by atoms with Crippen LogP contribution in [-0.2, 0) is 9.53 Å². The van der Waals surface area contributed by atoms with Crippen LogP contribution < -0.4 is 4.89 Å². The summed E-state index contributed by atoms with van der Waals surface area (Å²) in [6, 6.07) is 7.93. The summed E-state index contributed by atoms with van der Waals surface area (Å²) in [6.07, 6.45) is 1.49. The van der Waals surface area contributed by atoms with Crippen molar-refractivity contribution in [2.45, 2.75) is 19.8 Å². The van der Waals surface area contributed by atoms with Gasteiger partial charge in [0.1, 0.15) is 0 Å². The maximum atomic E-state index is 11.9. The average molecular weight is 282 g/mol. The number of hydrogen-bond donors (Lipinski definition) is 1. The highest BCUT2D eigenvalue weighted by molar-refractivity contribution is 7.70. The van der Waals surface area contributed by atoms with Crippen LogP contribution in [0.1, 0.15) is 25.3 Å². The summed E-state index contributed by atoms with van der Waals surface area (Å²) in [5, 5.41) is 8.67. The van der Waals surface area contributed by atoms with Gasteiger partial charge in [-0.15, -0.1) is 0 Å². The largest absolute Gasteiger partial charge is 0.620 e. The van der Waals surface area contributed by atoms with Crippen molar-refractivity contribution in [1.29, 1.82) is 0 Å². The fourth-order valence-electron chi connectivity index (χ4n) is 1.38. The molecule has 1 rings (SSSR count). The van der Waals surface area contributed by atoms with Crippen LogP contribution in [0.2, 0.25) is 0 Å². The molecular formula is C13H15O5P. The summed E-state index contributed by atoms with van der Waals surface area (Å²) in [5.41, 5.74) is -0.728. The molecule has 1 N–H and O–H groups in total. The van der Waals surface area contributed by atoms with Crippen molar-refractivity contribution in [3.8, 4) is 0 Å². The molecule has 0 heterocycles. The molecule has 0 saturated carbocycles. The van der Waals surface area contributed by atoms with Crippen molar-refractivity contribution in [1.82, 2.24) is 0 Å². The highest BCUT2D eigenvalue weighted by atomic mass is 31.1.